The molecule has 2 aromatic rings. The van der Waals surface area contributed by atoms with Crippen molar-refractivity contribution in [3.63, 3.8) is 0 Å². The summed E-state index contributed by atoms with van der Waals surface area (Å²) in [7, 11) is -7.05. The van der Waals surface area contributed by atoms with Gasteiger partial charge in [0.1, 0.15) is 0 Å². The van der Waals surface area contributed by atoms with Gasteiger partial charge >= 0.3 is 0 Å². The molecular formula is C16H19NO4S2. The van der Waals surface area contributed by atoms with Gasteiger partial charge in [0.2, 0.25) is 0 Å². The number of benzene rings is 2. The first kappa shape index (κ1) is 17.5. The van der Waals surface area contributed by atoms with E-state index in [-0.39, 0.29) is 9.79 Å². The Kier molecular flexibility index (Phi) is 4.54. The summed E-state index contributed by atoms with van der Waals surface area (Å²) in [6, 6.07) is 9.26. The number of aryl methyl sites for hydroxylation is 3. The number of hydrogen-bond donors (Lipinski definition) is 1. The monoisotopic (exact) mass is 353 g/mol. The Morgan fingerprint density at radius 3 is 1.74 bits per heavy atom. The van der Waals surface area contributed by atoms with Crippen LogP contribution >= 0.6 is 0 Å². The van der Waals surface area contributed by atoms with Crippen LogP contribution in [0.3, 0.4) is 0 Å². The average Bonchev–Trinajstić information content (AvgIpc) is 2.35. The third kappa shape index (κ3) is 3.92. The number of anilines is 1. The largest absolute Gasteiger partial charge is 0.280 e. The topological polar surface area (TPSA) is 80.3 Å². The van der Waals surface area contributed by atoms with Crippen LogP contribution in [0.1, 0.15) is 16.7 Å². The molecule has 2 aromatic carbocycles. The number of hydrogen-bond acceptors (Lipinski definition) is 4. The number of sulfone groups is 1. The van der Waals surface area contributed by atoms with Gasteiger partial charge in [-0.15, -0.1) is 0 Å². The van der Waals surface area contributed by atoms with Gasteiger partial charge in [-0.2, -0.15) is 0 Å². The maximum absolute atomic E-state index is 12.6. The van der Waals surface area contributed by atoms with Gasteiger partial charge in [-0.1, -0.05) is 17.7 Å². The highest BCUT2D eigenvalue weighted by molar-refractivity contribution is 7.92. The van der Waals surface area contributed by atoms with Crippen molar-refractivity contribution in [3.8, 4) is 0 Å². The SMILES string of the molecule is Cc1cc(C)c(S(=O)(=O)Nc2ccc(S(C)(=O)=O)cc2)c(C)c1. The van der Waals surface area contributed by atoms with Crippen molar-refractivity contribution >= 4 is 25.5 Å². The zero-order valence-electron chi connectivity index (χ0n) is 13.4. The number of nitrogens with one attached hydrogen (secondary N) is 1. The fraction of sp³-hybridized carbons (Fsp3) is 0.250. The minimum Gasteiger partial charge on any atom is -0.280 e. The van der Waals surface area contributed by atoms with Crippen LogP contribution in [0.5, 0.6) is 0 Å². The van der Waals surface area contributed by atoms with Crippen LogP contribution in [-0.2, 0) is 19.9 Å². The molecule has 0 radical (unpaired) electrons. The summed E-state index contributed by atoms with van der Waals surface area (Å²) in [5.74, 6) is 0. The zero-order chi connectivity index (χ0) is 17.4. The Balaban J connectivity index is 2.40. The minimum atomic E-state index is -3.74. The fourth-order valence-corrected chi connectivity index (χ4v) is 4.71. The second kappa shape index (κ2) is 5.98. The normalized spacial score (nSPS) is 12.2. The Labute approximate surface area is 137 Å². The molecule has 0 heterocycles. The number of sulfonamides is 1. The van der Waals surface area contributed by atoms with Crippen LogP contribution in [0.15, 0.2) is 46.2 Å². The first-order valence-corrected chi connectivity index (χ1v) is 10.3. The zero-order valence-corrected chi connectivity index (χ0v) is 15.0. The molecule has 124 valence electrons. The molecule has 7 heteroatoms. The molecule has 2 rings (SSSR count). The van der Waals surface area contributed by atoms with E-state index in [2.05, 4.69) is 4.72 Å². The summed E-state index contributed by atoms with van der Waals surface area (Å²) < 4.78 is 50.6. The molecule has 0 aromatic heterocycles. The summed E-state index contributed by atoms with van der Waals surface area (Å²) >= 11 is 0. The van der Waals surface area contributed by atoms with Gasteiger partial charge in [0.05, 0.1) is 9.79 Å². The van der Waals surface area contributed by atoms with Gasteiger partial charge < -0.3 is 0 Å². The van der Waals surface area contributed by atoms with Crippen molar-refractivity contribution in [1.29, 1.82) is 0 Å². The Morgan fingerprint density at radius 2 is 1.30 bits per heavy atom. The summed E-state index contributed by atoms with van der Waals surface area (Å²) in [5, 5.41) is 0. The van der Waals surface area contributed by atoms with E-state index in [0.29, 0.717) is 16.8 Å². The predicted molar refractivity (Wildman–Crippen MR) is 91.0 cm³/mol. The molecule has 5 nitrogen and oxygen atoms in total. The lowest BCUT2D eigenvalue weighted by atomic mass is 10.1. The fourth-order valence-electron chi connectivity index (χ4n) is 2.57. The van der Waals surface area contributed by atoms with Gasteiger partial charge in [0.15, 0.2) is 9.84 Å². The van der Waals surface area contributed by atoms with Gasteiger partial charge in [-0.3, -0.25) is 4.72 Å². The molecule has 0 unspecified atom stereocenters. The third-order valence-corrected chi connectivity index (χ3v) is 6.22. The smallest absolute Gasteiger partial charge is 0.262 e. The molecule has 23 heavy (non-hydrogen) atoms. The van der Waals surface area contributed by atoms with E-state index in [1.807, 2.05) is 19.1 Å². The van der Waals surface area contributed by atoms with Gasteiger partial charge in [-0.05, 0) is 56.2 Å². The summed E-state index contributed by atoms with van der Waals surface area (Å²) in [6.07, 6.45) is 1.10. The van der Waals surface area contributed by atoms with E-state index in [1.54, 1.807) is 13.8 Å². The quantitative estimate of drug-likeness (QED) is 0.916. The highest BCUT2D eigenvalue weighted by atomic mass is 32.2. The molecule has 0 saturated heterocycles. The van der Waals surface area contributed by atoms with Crippen molar-refractivity contribution in [2.24, 2.45) is 0 Å². The highest BCUT2D eigenvalue weighted by Crippen LogP contribution is 2.24. The van der Waals surface area contributed by atoms with Crippen LogP contribution in [0.4, 0.5) is 5.69 Å². The highest BCUT2D eigenvalue weighted by Gasteiger charge is 2.20. The molecule has 0 bridgehead atoms. The molecule has 0 spiro atoms. The van der Waals surface area contributed by atoms with E-state index < -0.39 is 19.9 Å². The maximum atomic E-state index is 12.6. The lowest BCUT2D eigenvalue weighted by Gasteiger charge is -2.14. The third-order valence-electron chi connectivity index (χ3n) is 3.41. The maximum Gasteiger partial charge on any atom is 0.262 e. The van der Waals surface area contributed by atoms with E-state index in [4.69, 9.17) is 0 Å². The second-order valence-electron chi connectivity index (χ2n) is 5.63. The van der Waals surface area contributed by atoms with Crippen molar-refractivity contribution < 1.29 is 16.8 Å². The first-order valence-electron chi connectivity index (χ1n) is 6.91. The van der Waals surface area contributed by atoms with Crippen molar-refractivity contribution in [3.05, 3.63) is 53.1 Å². The van der Waals surface area contributed by atoms with E-state index in [0.717, 1.165) is 11.8 Å². The average molecular weight is 353 g/mol. The lowest BCUT2D eigenvalue weighted by Crippen LogP contribution is -2.16. The minimum absolute atomic E-state index is 0.142. The van der Waals surface area contributed by atoms with Gasteiger partial charge in [0, 0.05) is 11.9 Å². The Morgan fingerprint density at radius 1 is 0.826 bits per heavy atom. The predicted octanol–water partition coefficient (Wildman–Crippen LogP) is 2.82. The van der Waals surface area contributed by atoms with Crippen LogP contribution in [-0.4, -0.2) is 23.1 Å². The van der Waals surface area contributed by atoms with E-state index in [1.165, 1.54) is 24.3 Å². The van der Waals surface area contributed by atoms with Gasteiger partial charge in [-0.25, -0.2) is 16.8 Å². The molecule has 0 atom stereocenters. The molecule has 0 fully saturated rings. The summed E-state index contributed by atoms with van der Waals surface area (Å²) in [4.78, 5) is 0.387. The molecule has 0 amide bonds. The standard InChI is InChI=1S/C16H19NO4S2/c1-11-9-12(2)16(13(3)10-11)23(20,21)17-14-5-7-15(8-6-14)22(4,18)19/h5-10,17H,1-4H3. The molecule has 0 aliphatic heterocycles. The molecular weight excluding hydrogens is 334 g/mol. The van der Waals surface area contributed by atoms with Crippen LogP contribution in [0.2, 0.25) is 0 Å². The van der Waals surface area contributed by atoms with E-state index >= 15 is 0 Å². The first-order chi connectivity index (χ1) is 10.5. The molecule has 0 aliphatic rings. The van der Waals surface area contributed by atoms with E-state index in [9.17, 15) is 16.8 Å². The molecule has 1 N–H and O–H groups in total. The van der Waals surface area contributed by atoms with Crippen molar-refractivity contribution in [1.82, 2.24) is 0 Å². The van der Waals surface area contributed by atoms with Crippen molar-refractivity contribution in [2.75, 3.05) is 11.0 Å². The van der Waals surface area contributed by atoms with Gasteiger partial charge in [0.25, 0.3) is 10.0 Å². The molecule has 0 saturated carbocycles. The second-order valence-corrected chi connectivity index (χ2v) is 9.26. The lowest BCUT2D eigenvalue weighted by molar-refractivity contribution is 0.599. The van der Waals surface area contributed by atoms with Crippen molar-refractivity contribution in [2.45, 2.75) is 30.6 Å². The number of rotatable bonds is 4. The Bertz CT molecular complexity index is 921. The van der Waals surface area contributed by atoms with Crippen LogP contribution < -0.4 is 4.72 Å². The summed E-state index contributed by atoms with van der Waals surface area (Å²) in [6.45, 7) is 5.41. The van der Waals surface area contributed by atoms with Crippen LogP contribution in [0, 0.1) is 20.8 Å². The molecule has 0 aliphatic carbocycles. The van der Waals surface area contributed by atoms with Crippen LogP contribution in [0.25, 0.3) is 0 Å². The summed E-state index contributed by atoms with van der Waals surface area (Å²) in [5.41, 5.74) is 2.65. The Hall–Kier alpha value is -1.86.